The van der Waals surface area contributed by atoms with E-state index in [4.69, 9.17) is 4.65 Å². The number of aromatic hydroxyl groups is 1. The van der Waals surface area contributed by atoms with E-state index in [0.29, 0.717) is 17.7 Å². The maximum atomic E-state index is 14.8. The Hall–Kier alpha value is -4.20. The SMILES string of the molecule is CC(=O)N1CCN(C(C(=O)NC2Cc3cccc(C(=O)O)c3OB2O)c2c(F)cc(O)cc2F)C1=O. The van der Waals surface area contributed by atoms with Crippen LogP contribution in [0.15, 0.2) is 30.3 Å². The Morgan fingerprint density at radius 2 is 1.86 bits per heavy atom. The quantitative estimate of drug-likeness (QED) is 0.438. The second-order valence-corrected chi connectivity index (χ2v) is 8.30. The van der Waals surface area contributed by atoms with Gasteiger partial charge in [0.1, 0.15) is 29.2 Å². The van der Waals surface area contributed by atoms with Crippen molar-refractivity contribution in [3.8, 4) is 11.5 Å². The van der Waals surface area contributed by atoms with E-state index in [1.54, 1.807) is 0 Å². The summed E-state index contributed by atoms with van der Waals surface area (Å²) in [6.07, 6.45) is -0.0931. The predicted octanol–water partition coefficient (Wildman–Crippen LogP) is 0.833. The van der Waals surface area contributed by atoms with Crippen LogP contribution in [0.25, 0.3) is 0 Å². The number of fused-ring (bicyclic) bond motifs is 1. The zero-order valence-corrected chi connectivity index (χ0v) is 18.8. The highest BCUT2D eigenvalue weighted by atomic mass is 19.1. The van der Waals surface area contributed by atoms with Crippen LogP contribution in [-0.2, 0) is 16.0 Å². The number of benzene rings is 2. The molecule has 2 aliphatic rings. The smallest absolute Gasteiger partial charge is 0.534 e. The number of phenolic OH excluding ortho intramolecular Hbond substituents is 1. The molecule has 4 rings (SSSR count). The number of aromatic carboxylic acids is 1. The fourth-order valence-electron chi connectivity index (χ4n) is 4.32. The highest BCUT2D eigenvalue weighted by Gasteiger charge is 2.45. The zero-order valence-electron chi connectivity index (χ0n) is 18.8. The van der Waals surface area contributed by atoms with Crippen LogP contribution >= 0.6 is 0 Å². The number of rotatable bonds is 5. The molecule has 2 unspecified atom stereocenters. The number of amides is 4. The molecule has 2 heterocycles. The maximum Gasteiger partial charge on any atom is 0.547 e. The molecule has 14 heteroatoms. The summed E-state index contributed by atoms with van der Waals surface area (Å²) in [4.78, 5) is 51.0. The molecule has 188 valence electrons. The molecule has 0 aliphatic carbocycles. The summed E-state index contributed by atoms with van der Waals surface area (Å²) >= 11 is 0. The van der Waals surface area contributed by atoms with E-state index in [1.807, 2.05) is 0 Å². The zero-order chi connectivity index (χ0) is 26.3. The largest absolute Gasteiger partial charge is 0.547 e. The van der Waals surface area contributed by atoms with Gasteiger partial charge >= 0.3 is 19.1 Å². The number of nitrogens with one attached hydrogen (secondary N) is 1. The van der Waals surface area contributed by atoms with Crippen molar-refractivity contribution in [3.05, 3.63) is 58.7 Å². The molecule has 0 spiro atoms. The van der Waals surface area contributed by atoms with E-state index in [9.17, 15) is 43.2 Å². The second-order valence-electron chi connectivity index (χ2n) is 8.30. The van der Waals surface area contributed by atoms with Crippen molar-refractivity contribution in [2.24, 2.45) is 0 Å². The molecule has 4 N–H and O–H groups in total. The summed E-state index contributed by atoms with van der Waals surface area (Å²) in [5.41, 5.74) is -0.692. The van der Waals surface area contributed by atoms with Gasteiger partial charge < -0.3 is 30.1 Å². The van der Waals surface area contributed by atoms with Crippen molar-refractivity contribution >= 4 is 30.9 Å². The Morgan fingerprint density at radius 1 is 1.19 bits per heavy atom. The molecule has 36 heavy (non-hydrogen) atoms. The Balaban J connectivity index is 1.68. The molecule has 0 bridgehead atoms. The number of phenols is 1. The van der Waals surface area contributed by atoms with E-state index >= 15 is 0 Å². The molecule has 0 aromatic heterocycles. The van der Waals surface area contributed by atoms with Gasteiger partial charge in [-0.1, -0.05) is 12.1 Å². The van der Waals surface area contributed by atoms with E-state index in [0.717, 1.165) is 16.7 Å². The minimum atomic E-state index is -1.90. The Kier molecular flexibility index (Phi) is 6.54. The minimum absolute atomic E-state index is 0.0815. The first-order valence-electron chi connectivity index (χ1n) is 10.8. The summed E-state index contributed by atoms with van der Waals surface area (Å²) < 4.78 is 34.9. The van der Waals surface area contributed by atoms with Crippen molar-refractivity contribution < 1.29 is 47.9 Å². The number of nitrogens with zero attached hydrogens (tertiary/aromatic N) is 2. The second kappa shape index (κ2) is 9.45. The van der Waals surface area contributed by atoms with Gasteiger partial charge in [-0.15, -0.1) is 0 Å². The molecule has 2 atom stereocenters. The first-order chi connectivity index (χ1) is 17.0. The van der Waals surface area contributed by atoms with Gasteiger partial charge in [-0.25, -0.2) is 18.4 Å². The molecule has 0 saturated carbocycles. The van der Waals surface area contributed by atoms with Crippen LogP contribution in [0, 0.1) is 11.6 Å². The van der Waals surface area contributed by atoms with E-state index in [2.05, 4.69) is 5.32 Å². The van der Waals surface area contributed by atoms with Crippen molar-refractivity contribution in [1.82, 2.24) is 15.1 Å². The molecule has 11 nitrogen and oxygen atoms in total. The molecule has 4 amide bonds. The lowest BCUT2D eigenvalue weighted by Crippen LogP contribution is -2.56. The predicted molar refractivity (Wildman–Crippen MR) is 118 cm³/mol. The molecule has 2 aromatic carbocycles. The summed E-state index contributed by atoms with van der Waals surface area (Å²) in [7, 11) is -1.72. The number of imide groups is 1. The molecule has 2 aromatic rings. The number of hydrogen-bond donors (Lipinski definition) is 4. The van der Waals surface area contributed by atoms with Crippen molar-refractivity contribution in [2.75, 3.05) is 13.1 Å². The van der Waals surface area contributed by atoms with Gasteiger partial charge in [-0.3, -0.25) is 14.5 Å². The fraction of sp³-hybridized carbons (Fsp3) is 0.273. The average Bonchev–Trinajstić information content (AvgIpc) is 3.17. The Labute approximate surface area is 203 Å². The van der Waals surface area contributed by atoms with E-state index in [1.165, 1.54) is 18.2 Å². The van der Waals surface area contributed by atoms with Gasteiger partial charge in [0.05, 0.1) is 17.1 Å². The molecular formula is C22H20BF2N3O8. The first-order valence-corrected chi connectivity index (χ1v) is 10.8. The minimum Gasteiger partial charge on any atom is -0.534 e. The van der Waals surface area contributed by atoms with E-state index < -0.39 is 65.9 Å². The number of halogens is 2. The number of carbonyl (C=O) groups is 4. The topological polar surface area (TPSA) is 157 Å². The van der Waals surface area contributed by atoms with Crippen LogP contribution in [0.2, 0.25) is 0 Å². The van der Waals surface area contributed by atoms with Crippen molar-refractivity contribution in [3.63, 3.8) is 0 Å². The van der Waals surface area contributed by atoms with Crippen LogP contribution in [0.1, 0.15) is 34.5 Å². The third kappa shape index (κ3) is 4.42. The number of hydrogen-bond acceptors (Lipinski definition) is 7. The Morgan fingerprint density at radius 3 is 2.44 bits per heavy atom. The van der Waals surface area contributed by atoms with Gasteiger partial charge in [-0.05, 0) is 18.1 Å². The van der Waals surface area contributed by atoms with Gasteiger partial charge in [0.2, 0.25) is 11.8 Å². The van der Waals surface area contributed by atoms with Crippen molar-refractivity contribution in [1.29, 1.82) is 0 Å². The highest BCUT2D eigenvalue weighted by Crippen LogP contribution is 2.34. The summed E-state index contributed by atoms with van der Waals surface area (Å²) in [6.45, 7) is 0.779. The van der Waals surface area contributed by atoms with Crippen LogP contribution in [0.3, 0.4) is 0 Å². The Bertz CT molecular complexity index is 1250. The molecular weight excluding hydrogens is 483 g/mol. The molecule has 1 saturated heterocycles. The standard InChI is InChI=1S/C22H20BF2N3O8/c1-10(29)27-5-6-28(22(27)34)18(17-14(24)8-12(30)9-15(17)25)20(31)26-16-7-11-3-2-4-13(21(32)33)19(11)36-23(16)35/h2-4,8-9,16,18,30,35H,5-7H2,1H3,(H,26,31)(H,32,33). The normalized spacial score (nSPS) is 17.9. The lowest BCUT2D eigenvalue weighted by Gasteiger charge is -2.32. The number of para-hydroxylation sites is 1. The van der Waals surface area contributed by atoms with Crippen LogP contribution in [-0.4, -0.2) is 75.0 Å². The third-order valence-corrected chi connectivity index (χ3v) is 6.00. The van der Waals surface area contributed by atoms with Gasteiger partial charge in [0.25, 0.3) is 0 Å². The van der Waals surface area contributed by atoms with E-state index in [-0.39, 0.29) is 30.8 Å². The van der Waals surface area contributed by atoms with Crippen molar-refractivity contribution in [2.45, 2.75) is 25.3 Å². The maximum absolute atomic E-state index is 14.8. The highest BCUT2D eigenvalue weighted by molar-refractivity contribution is 6.47. The van der Waals surface area contributed by atoms with Crippen LogP contribution < -0.4 is 9.97 Å². The lowest BCUT2D eigenvalue weighted by atomic mass is 9.72. The summed E-state index contributed by atoms with van der Waals surface area (Å²) in [5.74, 6) is -7.63. The summed E-state index contributed by atoms with van der Waals surface area (Å²) in [6, 6.07) is 2.55. The summed E-state index contributed by atoms with van der Waals surface area (Å²) in [5, 5.41) is 31.7. The monoisotopic (exact) mass is 503 g/mol. The fourth-order valence-corrected chi connectivity index (χ4v) is 4.32. The lowest BCUT2D eigenvalue weighted by molar-refractivity contribution is -0.127. The number of carboxylic acids is 1. The van der Waals surface area contributed by atoms with Crippen LogP contribution in [0.4, 0.5) is 13.6 Å². The number of urea groups is 1. The number of carbonyl (C=O) groups excluding carboxylic acids is 3. The third-order valence-electron chi connectivity index (χ3n) is 6.00. The van der Waals surface area contributed by atoms with Gasteiger partial charge in [0.15, 0.2) is 0 Å². The van der Waals surface area contributed by atoms with Crippen LogP contribution in [0.5, 0.6) is 11.5 Å². The number of carboxylic acid groups (broad SMARTS) is 1. The molecule has 2 aliphatic heterocycles. The molecule has 1 fully saturated rings. The molecule has 0 radical (unpaired) electrons. The van der Waals surface area contributed by atoms with Gasteiger partial charge in [0, 0.05) is 32.1 Å². The first kappa shape index (κ1) is 24.9. The van der Waals surface area contributed by atoms with Gasteiger partial charge in [-0.2, -0.15) is 0 Å². The average molecular weight is 503 g/mol.